The van der Waals surface area contributed by atoms with Gasteiger partial charge in [-0.3, -0.25) is 9.59 Å². The van der Waals surface area contributed by atoms with E-state index in [1.165, 1.54) is 50.6 Å². The highest BCUT2D eigenvalue weighted by Crippen LogP contribution is 2.35. The molecule has 9 heteroatoms. The van der Waals surface area contributed by atoms with Crippen LogP contribution in [0.2, 0.25) is 0 Å². The average molecular weight is 426 g/mol. The molecule has 9 nitrogen and oxygen atoms in total. The number of hydrogen-bond acceptors (Lipinski definition) is 7. The summed E-state index contributed by atoms with van der Waals surface area (Å²) in [4.78, 5) is 39.6. The minimum absolute atomic E-state index is 0.219. The van der Waals surface area contributed by atoms with Gasteiger partial charge in [0.15, 0.2) is 11.5 Å². The van der Waals surface area contributed by atoms with Gasteiger partial charge in [0, 0.05) is 17.1 Å². The Morgan fingerprint density at radius 2 is 1.71 bits per heavy atom. The number of rotatable bonds is 7. The normalized spacial score (nSPS) is 10.5. The van der Waals surface area contributed by atoms with Gasteiger partial charge in [0.05, 0.1) is 31.9 Å². The molecule has 0 fully saturated rings. The van der Waals surface area contributed by atoms with Crippen molar-refractivity contribution >= 4 is 28.5 Å². The van der Waals surface area contributed by atoms with Gasteiger partial charge in [0.2, 0.25) is 0 Å². The second kappa shape index (κ2) is 9.21. The molecule has 0 saturated heterocycles. The maximum Gasteiger partial charge on any atom is 0.338 e. The van der Waals surface area contributed by atoms with Crippen molar-refractivity contribution in [3.63, 3.8) is 0 Å². The predicted octanol–water partition coefficient (Wildman–Crippen LogP) is 3.07. The average Bonchev–Trinajstić information content (AvgIpc) is 2.77. The summed E-state index contributed by atoms with van der Waals surface area (Å²) in [6.45, 7) is 2.21. The lowest BCUT2D eigenvalue weighted by molar-refractivity contribution is 0.0505. The monoisotopic (exact) mass is 426 g/mol. The number of aromatic nitrogens is 1. The summed E-state index contributed by atoms with van der Waals surface area (Å²) in [7, 11) is 2.87. The minimum atomic E-state index is -0.809. The van der Waals surface area contributed by atoms with Gasteiger partial charge in [-0.05, 0) is 36.8 Å². The number of carbonyl (C=O) groups excluding carboxylic acids is 2. The molecule has 0 atom stereocenters. The number of H-pyrrole nitrogens is 1. The Hall–Kier alpha value is -4.01. The van der Waals surface area contributed by atoms with E-state index in [2.05, 4.69) is 10.3 Å². The lowest BCUT2D eigenvalue weighted by atomic mass is 10.1. The molecule has 0 radical (unpaired) electrons. The van der Waals surface area contributed by atoms with Gasteiger partial charge in [0.1, 0.15) is 11.3 Å². The van der Waals surface area contributed by atoms with E-state index in [0.29, 0.717) is 35.8 Å². The van der Waals surface area contributed by atoms with Crippen LogP contribution in [0.4, 0.5) is 5.69 Å². The molecule has 0 aliphatic heterocycles. The Labute approximate surface area is 177 Å². The summed E-state index contributed by atoms with van der Waals surface area (Å²) in [5.74, 6) is -1.07. The molecular weight excluding hydrogens is 404 g/mol. The third-order valence-electron chi connectivity index (χ3n) is 4.53. The Balaban J connectivity index is 1.90. The Morgan fingerprint density at radius 1 is 1.06 bits per heavy atom. The number of aromatic hydroxyl groups is 1. The molecular formula is C22H22N2O7. The number of methoxy groups -OCH3 is 2. The van der Waals surface area contributed by atoms with Gasteiger partial charge < -0.3 is 29.6 Å². The molecule has 0 unspecified atom stereocenters. The molecule has 3 N–H and O–H groups in total. The van der Waals surface area contributed by atoms with E-state index in [-0.39, 0.29) is 10.9 Å². The van der Waals surface area contributed by atoms with Crippen LogP contribution >= 0.6 is 0 Å². The van der Waals surface area contributed by atoms with Gasteiger partial charge in [-0.15, -0.1) is 0 Å². The van der Waals surface area contributed by atoms with Gasteiger partial charge in [-0.25, -0.2) is 4.79 Å². The van der Waals surface area contributed by atoms with Crippen molar-refractivity contribution in [2.24, 2.45) is 0 Å². The Bertz CT molecular complexity index is 1180. The molecule has 1 aromatic heterocycles. The smallest absolute Gasteiger partial charge is 0.338 e. The van der Waals surface area contributed by atoms with Crippen LogP contribution in [0.3, 0.4) is 0 Å². The van der Waals surface area contributed by atoms with Crippen molar-refractivity contribution in [3.8, 4) is 17.2 Å². The quantitative estimate of drug-likeness (QED) is 0.496. The van der Waals surface area contributed by atoms with Gasteiger partial charge in [-0.2, -0.15) is 0 Å². The number of pyridine rings is 1. The molecule has 2 aromatic carbocycles. The number of fused-ring (bicyclic) bond motifs is 1. The first-order chi connectivity index (χ1) is 14.9. The summed E-state index contributed by atoms with van der Waals surface area (Å²) in [6.07, 6.45) is 0.711. The number of carbonyl (C=O) groups is 2. The lowest BCUT2D eigenvalue weighted by Crippen LogP contribution is -2.23. The molecule has 162 valence electrons. The standard InChI is InChI=1S/C22H22N2O7/c1-4-9-31-22(28)12-5-7-13(8-6-12)23-20(26)18-19(25)14-10-16(29-2)17(30-3)11-15(14)24-21(18)27/h5-8,10-11H,4,9H2,1-3H3,(H,23,26)(H2,24,25,27). The highest BCUT2D eigenvalue weighted by atomic mass is 16.5. The second-order valence-electron chi connectivity index (χ2n) is 6.60. The summed E-state index contributed by atoms with van der Waals surface area (Å²) in [5, 5.41) is 13.4. The minimum Gasteiger partial charge on any atom is -0.506 e. The zero-order chi connectivity index (χ0) is 22.5. The third-order valence-corrected chi connectivity index (χ3v) is 4.53. The van der Waals surface area contributed by atoms with E-state index in [1.807, 2.05) is 6.92 Å². The fraction of sp³-hybridized carbons (Fsp3) is 0.227. The lowest BCUT2D eigenvalue weighted by Gasteiger charge is -2.12. The predicted molar refractivity (Wildman–Crippen MR) is 114 cm³/mol. The van der Waals surface area contributed by atoms with Crippen LogP contribution in [-0.2, 0) is 4.74 Å². The Morgan fingerprint density at radius 3 is 2.32 bits per heavy atom. The van der Waals surface area contributed by atoms with Crippen LogP contribution in [0, 0.1) is 0 Å². The number of esters is 1. The maximum atomic E-state index is 12.7. The fourth-order valence-electron chi connectivity index (χ4n) is 2.98. The zero-order valence-electron chi connectivity index (χ0n) is 17.3. The van der Waals surface area contributed by atoms with E-state index >= 15 is 0 Å². The van der Waals surface area contributed by atoms with Crippen LogP contribution < -0.4 is 20.3 Å². The van der Waals surface area contributed by atoms with E-state index in [4.69, 9.17) is 14.2 Å². The van der Waals surface area contributed by atoms with Gasteiger partial charge in [0.25, 0.3) is 11.5 Å². The molecule has 3 rings (SSSR count). The number of hydrogen-bond donors (Lipinski definition) is 3. The molecule has 0 bridgehead atoms. The largest absolute Gasteiger partial charge is 0.506 e. The number of amides is 1. The molecule has 0 aliphatic carbocycles. The fourth-order valence-corrected chi connectivity index (χ4v) is 2.98. The number of nitrogens with one attached hydrogen (secondary N) is 2. The Kier molecular flexibility index (Phi) is 6.44. The number of anilines is 1. The zero-order valence-corrected chi connectivity index (χ0v) is 17.3. The van der Waals surface area contributed by atoms with Crippen LogP contribution in [0.15, 0.2) is 41.2 Å². The van der Waals surface area contributed by atoms with Crippen molar-refractivity contribution in [3.05, 3.63) is 57.9 Å². The van der Waals surface area contributed by atoms with Crippen LogP contribution in [0.25, 0.3) is 10.9 Å². The number of aromatic amines is 1. The molecule has 31 heavy (non-hydrogen) atoms. The molecule has 0 aliphatic rings. The van der Waals surface area contributed by atoms with E-state index in [9.17, 15) is 19.5 Å². The van der Waals surface area contributed by atoms with Crippen LogP contribution in [0.5, 0.6) is 17.2 Å². The third kappa shape index (κ3) is 4.45. The number of benzene rings is 2. The van der Waals surface area contributed by atoms with Crippen molar-refractivity contribution in [1.29, 1.82) is 0 Å². The SMILES string of the molecule is CCCOC(=O)c1ccc(NC(=O)c2c(O)c3cc(OC)c(OC)cc3[nH]c2=O)cc1. The highest BCUT2D eigenvalue weighted by molar-refractivity contribution is 6.09. The summed E-state index contributed by atoms with van der Waals surface area (Å²) in [6, 6.07) is 8.95. The van der Waals surface area contributed by atoms with Crippen LogP contribution in [0.1, 0.15) is 34.1 Å². The first-order valence-electron chi connectivity index (χ1n) is 9.49. The molecule has 1 amide bonds. The van der Waals surface area contributed by atoms with Crippen molar-refractivity contribution in [1.82, 2.24) is 4.98 Å². The second-order valence-corrected chi connectivity index (χ2v) is 6.60. The summed E-state index contributed by atoms with van der Waals surface area (Å²) < 4.78 is 15.5. The number of ether oxygens (including phenoxy) is 3. The van der Waals surface area contributed by atoms with E-state index < -0.39 is 28.7 Å². The van der Waals surface area contributed by atoms with Gasteiger partial charge >= 0.3 is 5.97 Å². The van der Waals surface area contributed by atoms with Gasteiger partial charge in [-0.1, -0.05) is 6.92 Å². The van der Waals surface area contributed by atoms with Crippen molar-refractivity contribution in [2.75, 3.05) is 26.1 Å². The summed E-state index contributed by atoms with van der Waals surface area (Å²) in [5.41, 5.74) is -0.269. The van der Waals surface area contributed by atoms with Crippen molar-refractivity contribution < 1.29 is 28.9 Å². The highest BCUT2D eigenvalue weighted by Gasteiger charge is 2.21. The van der Waals surface area contributed by atoms with Crippen molar-refractivity contribution in [2.45, 2.75) is 13.3 Å². The molecule has 0 spiro atoms. The first-order valence-corrected chi connectivity index (χ1v) is 9.49. The molecule has 3 aromatic rings. The van der Waals surface area contributed by atoms with E-state index in [1.54, 1.807) is 0 Å². The summed E-state index contributed by atoms with van der Waals surface area (Å²) >= 11 is 0. The topological polar surface area (TPSA) is 127 Å². The first kappa shape index (κ1) is 21.7. The molecule has 1 heterocycles. The van der Waals surface area contributed by atoms with Crippen LogP contribution in [-0.4, -0.2) is 42.8 Å². The van der Waals surface area contributed by atoms with E-state index in [0.717, 1.165) is 0 Å². The molecule has 0 saturated carbocycles. The maximum absolute atomic E-state index is 12.7.